The predicted molar refractivity (Wildman–Crippen MR) is 72.3 cm³/mol. The molecule has 2 aliphatic rings. The van der Waals surface area contributed by atoms with Crippen LogP contribution in [0.5, 0.6) is 5.75 Å². The Bertz CT molecular complexity index is 623. The molecule has 0 fully saturated rings. The van der Waals surface area contributed by atoms with Gasteiger partial charge in [0.25, 0.3) is 5.78 Å². The highest BCUT2D eigenvalue weighted by Gasteiger charge is 2.44. The highest BCUT2D eigenvalue weighted by atomic mass is 79.9. The van der Waals surface area contributed by atoms with Crippen LogP contribution in [0.25, 0.3) is 11.1 Å². The fraction of sp³-hybridized carbons (Fsp3) is 0.214. The molecule has 0 radical (unpaired) electrons. The minimum absolute atomic E-state index is 0.0592. The summed E-state index contributed by atoms with van der Waals surface area (Å²) in [6.45, 7) is 1.81. The maximum atomic E-state index is 12.8. The molecule has 0 aromatic heterocycles. The molecule has 2 rings (SSSR count). The van der Waals surface area contributed by atoms with E-state index in [4.69, 9.17) is 4.74 Å². The summed E-state index contributed by atoms with van der Waals surface area (Å²) in [4.78, 5) is 11.7. The van der Waals surface area contributed by atoms with Crippen LogP contribution in [0.4, 0.5) is 13.2 Å². The van der Waals surface area contributed by atoms with Crippen molar-refractivity contribution < 1.29 is 22.7 Å². The Balaban J connectivity index is 2.76. The van der Waals surface area contributed by atoms with E-state index in [1.165, 1.54) is 6.07 Å². The molecule has 106 valence electrons. The lowest BCUT2D eigenvalue weighted by Crippen LogP contribution is -2.23. The number of alkyl halides is 3. The van der Waals surface area contributed by atoms with Gasteiger partial charge in [-0.25, -0.2) is 0 Å². The van der Waals surface area contributed by atoms with Crippen LogP contribution in [0.3, 0.4) is 0 Å². The summed E-state index contributed by atoms with van der Waals surface area (Å²) in [5.74, 6) is -1.96. The van der Waals surface area contributed by atoms with Crippen molar-refractivity contribution in [1.29, 1.82) is 0 Å². The molecule has 0 heterocycles. The first kappa shape index (κ1) is 14.8. The number of halogens is 4. The molecule has 0 aromatic rings. The van der Waals surface area contributed by atoms with E-state index in [1.54, 1.807) is 31.2 Å². The largest absolute Gasteiger partial charge is 0.492 e. The van der Waals surface area contributed by atoms with Gasteiger partial charge in [0.15, 0.2) is 0 Å². The van der Waals surface area contributed by atoms with Crippen LogP contribution in [0.15, 0.2) is 34.8 Å². The molecule has 20 heavy (non-hydrogen) atoms. The second-order valence-corrected chi connectivity index (χ2v) is 4.81. The molecule has 0 unspecified atom stereocenters. The van der Waals surface area contributed by atoms with Gasteiger partial charge in [0.1, 0.15) is 5.75 Å². The molecule has 0 amide bonds. The van der Waals surface area contributed by atoms with Gasteiger partial charge in [0, 0.05) is 5.56 Å². The zero-order valence-electron chi connectivity index (χ0n) is 10.4. The van der Waals surface area contributed by atoms with Gasteiger partial charge in [-0.2, -0.15) is 13.2 Å². The monoisotopic (exact) mass is 346 g/mol. The third-order valence-electron chi connectivity index (χ3n) is 2.74. The van der Waals surface area contributed by atoms with Crippen LogP contribution in [0.2, 0.25) is 0 Å². The van der Waals surface area contributed by atoms with Crippen LogP contribution >= 0.6 is 15.9 Å². The fourth-order valence-corrected chi connectivity index (χ4v) is 2.62. The van der Waals surface area contributed by atoms with Gasteiger partial charge in [-0.3, -0.25) is 4.79 Å². The molecule has 0 bridgehead atoms. The number of Topliss-reactive ketones (excluding diaryl/α,β-unsaturated/α-hetero) is 1. The number of rotatable bonds is 3. The van der Waals surface area contributed by atoms with E-state index in [0.717, 1.165) is 0 Å². The Morgan fingerprint density at radius 3 is 2.35 bits per heavy atom. The Morgan fingerprint density at radius 2 is 1.80 bits per heavy atom. The smallest absolute Gasteiger partial charge is 0.455 e. The molecule has 0 saturated carbocycles. The minimum Gasteiger partial charge on any atom is -0.492 e. The average molecular weight is 347 g/mol. The SMILES string of the molecule is CCOc1c(Br)c2cccccc-2c1C(=O)C(F)(F)F. The van der Waals surface area contributed by atoms with Gasteiger partial charge in [0.2, 0.25) is 0 Å². The van der Waals surface area contributed by atoms with E-state index in [0.29, 0.717) is 10.0 Å². The van der Waals surface area contributed by atoms with Crippen molar-refractivity contribution in [3.8, 4) is 16.9 Å². The summed E-state index contributed by atoms with van der Waals surface area (Å²) in [6, 6.07) is 8.05. The molecular formula is C14H10BrF3O2. The summed E-state index contributed by atoms with van der Waals surface area (Å²) in [5.41, 5.74) is 0.274. The van der Waals surface area contributed by atoms with Gasteiger partial charge >= 0.3 is 6.18 Å². The molecular weight excluding hydrogens is 337 g/mol. The van der Waals surface area contributed by atoms with Gasteiger partial charge in [-0.05, 0) is 28.4 Å². The summed E-state index contributed by atoms with van der Waals surface area (Å²) in [7, 11) is 0. The third-order valence-corrected chi connectivity index (χ3v) is 3.53. The zero-order valence-corrected chi connectivity index (χ0v) is 12.0. The van der Waals surface area contributed by atoms with E-state index >= 15 is 0 Å². The van der Waals surface area contributed by atoms with Crippen molar-refractivity contribution >= 4 is 21.7 Å². The van der Waals surface area contributed by atoms with Crippen molar-refractivity contribution in [2.75, 3.05) is 6.61 Å². The van der Waals surface area contributed by atoms with Crippen LogP contribution in [-0.2, 0) is 0 Å². The zero-order chi connectivity index (χ0) is 14.9. The van der Waals surface area contributed by atoms with Gasteiger partial charge < -0.3 is 4.74 Å². The Kier molecular flexibility index (Phi) is 4.04. The van der Waals surface area contributed by atoms with E-state index in [9.17, 15) is 18.0 Å². The van der Waals surface area contributed by atoms with Crippen molar-refractivity contribution in [2.45, 2.75) is 13.1 Å². The number of hydrogen-bond acceptors (Lipinski definition) is 2. The quantitative estimate of drug-likeness (QED) is 0.753. The Hall–Kier alpha value is -1.56. The first-order valence-electron chi connectivity index (χ1n) is 5.82. The lowest BCUT2D eigenvalue weighted by Gasteiger charge is -2.08. The molecule has 0 N–H and O–H groups in total. The normalized spacial score (nSPS) is 11.7. The molecule has 6 heteroatoms. The standard InChI is InChI=1S/C14H10BrF3O2/c1-2-20-12-10(13(19)14(16,17)18)8-6-4-3-5-7-9(8)11(12)15/h3-7H,2H2,1H3. The maximum Gasteiger partial charge on any atom is 0.455 e. The minimum atomic E-state index is -4.94. The maximum absolute atomic E-state index is 12.8. The number of hydrogen-bond donors (Lipinski definition) is 0. The van der Waals surface area contributed by atoms with Gasteiger partial charge in [-0.1, -0.05) is 30.3 Å². The van der Waals surface area contributed by atoms with Crippen molar-refractivity contribution in [3.05, 3.63) is 40.4 Å². The summed E-state index contributed by atoms with van der Waals surface area (Å²) >= 11 is 3.22. The van der Waals surface area contributed by atoms with Crippen molar-refractivity contribution in [3.63, 3.8) is 0 Å². The summed E-state index contributed by atoms with van der Waals surface area (Å²) < 4.78 is 43.9. The topological polar surface area (TPSA) is 26.3 Å². The average Bonchev–Trinajstić information content (AvgIpc) is 2.57. The molecule has 0 aliphatic heterocycles. The molecule has 0 aromatic carbocycles. The van der Waals surface area contributed by atoms with Crippen LogP contribution in [0.1, 0.15) is 17.3 Å². The van der Waals surface area contributed by atoms with Crippen LogP contribution in [-0.4, -0.2) is 18.6 Å². The van der Waals surface area contributed by atoms with Crippen molar-refractivity contribution in [1.82, 2.24) is 0 Å². The molecule has 0 saturated heterocycles. The molecule has 2 nitrogen and oxygen atoms in total. The number of carbonyl (C=O) groups is 1. The van der Waals surface area contributed by atoms with Gasteiger partial charge in [-0.15, -0.1) is 0 Å². The number of fused-ring (bicyclic) bond motifs is 1. The Morgan fingerprint density at radius 1 is 1.20 bits per heavy atom. The lowest BCUT2D eigenvalue weighted by atomic mass is 10.1. The second kappa shape index (κ2) is 5.44. The highest BCUT2D eigenvalue weighted by molar-refractivity contribution is 9.10. The predicted octanol–water partition coefficient (Wildman–Crippen LogP) is 4.70. The van der Waals surface area contributed by atoms with E-state index < -0.39 is 17.5 Å². The van der Waals surface area contributed by atoms with Gasteiger partial charge in [0.05, 0.1) is 16.6 Å². The fourth-order valence-electron chi connectivity index (χ4n) is 1.96. The third kappa shape index (κ3) is 2.52. The molecule has 0 spiro atoms. The second-order valence-electron chi connectivity index (χ2n) is 4.02. The van der Waals surface area contributed by atoms with E-state index in [2.05, 4.69) is 15.9 Å². The van der Waals surface area contributed by atoms with E-state index in [1.807, 2.05) is 0 Å². The number of carbonyl (C=O) groups excluding carboxylic acids is 1. The number of ketones is 1. The van der Waals surface area contributed by atoms with Crippen molar-refractivity contribution in [2.24, 2.45) is 0 Å². The first-order valence-corrected chi connectivity index (χ1v) is 6.61. The molecule has 2 aliphatic carbocycles. The summed E-state index contributed by atoms with van der Waals surface area (Å²) in [6.07, 6.45) is -4.94. The van der Waals surface area contributed by atoms with Crippen LogP contribution < -0.4 is 4.74 Å². The molecule has 0 atom stereocenters. The Labute approximate surface area is 122 Å². The van der Waals surface area contributed by atoms with Crippen LogP contribution in [0, 0.1) is 0 Å². The number of ether oxygens (including phenoxy) is 1. The first-order chi connectivity index (χ1) is 9.38. The van der Waals surface area contributed by atoms with E-state index in [-0.39, 0.29) is 17.9 Å². The lowest BCUT2D eigenvalue weighted by molar-refractivity contribution is -0.0886. The summed E-state index contributed by atoms with van der Waals surface area (Å²) in [5, 5.41) is 0. The highest BCUT2D eigenvalue weighted by Crippen LogP contribution is 2.47.